The van der Waals surface area contributed by atoms with Crippen molar-refractivity contribution in [3.05, 3.63) is 5.82 Å². The third-order valence-electron chi connectivity index (χ3n) is 3.50. The van der Waals surface area contributed by atoms with E-state index in [9.17, 15) is 4.79 Å². The van der Waals surface area contributed by atoms with Gasteiger partial charge in [0, 0.05) is 5.25 Å². The number of H-pyrrole nitrogens is 1. The number of aryl methyl sites for hydroxylation is 1. The molecule has 20 heavy (non-hydrogen) atoms. The lowest BCUT2D eigenvalue weighted by Crippen LogP contribution is -2.51. The Hall–Kier alpha value is -1.08. The van der Waals surface area contributed by atoms with Gasteiger partial charge in [0.1, 0.15) is 11.4 Å². The average molecular weight is 298 g/mol. The molecule has 1 aliphatic rings. The Labute approximate surface area is 123 Å². The lowest BCUT2D eigenvalue weighted by molar-refractivity contribution is -0.151. The zero-order chi connectivity index (χ0) is 14.6. The predicted octanol–water partition coefficient (Wildman–Crippen LogP) is 1.67. The van der Waals surface area contributed by atoms with E-state index in [0.717, 1.165) is 36.8 Å². The number of esters is 1. The van der Waals surface area contributed by atoms with E-state index >= 15 is 0 Å². The molecule has 2 rings (SSSR count). The molecule has 6 nitrogen and oxygen atoms in total. The number of ether oxygens (including phenoxy) is 1. The first kappa shape index (κ1) is 15.3. The van der Waals surface area contributed by atoms with Crippen LogP contribution >= 0.6 is 11.8 Å². The minimum atomic E-state index is -0.534. The number of likely N-dealkylation sites (N-methyl/N-ethyl adjacent to an activating group) is 1. The van der Waals surface area contributed by atoms with Crippen LogP contribution in [0.25, 0.3) is 0 Å². The number of aromatic amines is 1. The monoisotopic (exact) mass is 298 g/mol. The van der Waals surface area contributed by atoms with Crippen LogP contribution in [0, 0.1) is 6.92 Å². The molecule has 0 bridgehead atoms. The van der Waals surface area contributed by atoms with E-state index in [1.807, 2.05) is 20.8 Å². The van der Waals surface area contributed by atoms with Crippen LogP contribution < -0.4 is 5.32 Å². The van der Waals surface area contributed by atoms with E-state index in [2.05, 4.69) is 20.5 Å². The highest BCUT2D eigenvalue weighted by Gasteiger charge is 2.46. The standard InChI is InChI=1S/C13H22N4O2S/c1-4-14-13(11(18)19-5-2)7-6-10(8-13)20-12-15-9(3)16-17-12/h10,14H,4-8H2,1-3H3,(H,15,16,17). The number of carbonyl (C=O) groups is 1. The van der Waals surface area contributed by atoms with Gasteiger partial charge < -0.3 is 10.1 Å². The molecule has 0 amide bonds. The molecule has 0 spiro atoms. The van der Waals surface area contributed by atoms with Gasteiger partial charge in [-0.25, -0.2) is 4.98 Å². The Morgan fingerprint density at radius 2 is 2.40 bits per heavy atom. The highest BCUT2D eigenvalue weighted by Crippen LogP contribution is 2.39. The zero-order valence-corrected chi connectivity index (χ0v) is 13.0. The third-order valence-corrected chi connectivity index (χ3v) is 4.63. The molecule has 7 heteroatoms. The summed E-state index contributed by atoms with van der Waals surface area (Å²) in [4.78, 5) is 16.5. The Kier molecular flexibility index (Phi) is 5.04. The molecule has 1 fully saturated rings. The molecule has 1 aromatic heterocycles. The molecule has 1 saturated carbocycles. The van der Waals surface area contributed by atoms with Crippen molar-refractivity contribution in [1.82, 2.24) is 20.5 Å². The van der Waals surface area contributed by atoms with Gasteiger partial charge in [0.2, 0.25) is 5.16 Å². The molecule has 1 aliphatic carbocycles. The maximum absolute atomic E-state index is 12.2. The lowest BCUT2D eigenvalue weighted by atomic mass is 9.98. The van der Waals surface area contributed by atoms with Crippen molar-refractivity contribution in [2.24, 2.45) is 0 Å². The second kappa shape index (κ2) is 6.58. The van der Waals surface area contributed by atoms with E-state index in [1.165, 1.54) is 0 Å². The van der Waals surface area contributed by atoms with Gasteiger partial charge in [0.15, 0.2) is 0 Å². The summed E-state index contributed by atoms with van der Waals surface area (Å²) in [6.45, 7) is 6.92. The first-order valence-corrected chi connectivity index (χ1v) is 7.95. The number of nitrogens with one attached hydrogen (secondary N) is 2. The minimum absolute atomic E-state index is 0.129. The van der Waals surface area contributed by atoms with Crippen molar-refractivity contribution >= 4 is 17.7 Å². The summed E-state index contributed by atoms with van der Waals surface area (Å²) < 4.78 is 5.24. The molecule has 0 saturated heterocycles. The second-order valence-electron chi connectivity index (χ2n) is 5.02. The largest absolute Gasteiger partial charge is 0.465 e. The van der Waals surface area contributed by atoms with Crippen LogP contribution in [0.3, 0.4) is 0 Å². The quantitative estimate of drug-likeness (QED) is 0.778. The van der Waals surface area contributed by atoms with E-state index < -0.39 is 5.54 Å². The van der Waals surface area contributed by atoms with Crippen molar-refractivity contribution in [2.45, 2.75) is 56.0 Å². The van der Waals surface area contributed by atoms with Gasteiger partial charge in [-0.1, -0.05) is 18.7 Å². The normalized spacial score (nSPS) is 25.9. The number of nitrogens with zero attached hydrogens (tertiary/aromatic N) is 2. The molecule has 1 aromatic rings. The van der Waals surface area contributed by atoms with Crippen LogP contribution in [0.5, 0.6) is 0 Å². The van der Waals surface area contributed by atoms with Gasteiger partial charge in [-0.15, -0.1) is 5.10 Å². The lowest BCUT2D eigenvalue weighted by Gasteiger charge is -2.27. The van der Waals surface area contributed by atoms with Crippen molar-refractivity contribution in [3.8, 4) is 0 Å². The molecule has 0 aromatic carbocycles. The van der Waals surface area contributed by atoms with Gasteiger partial charge in [0.05, 0.1) is 6.61 Å². The Morgan fingerprint density at radius 1 is 1.60 bits per heavy atom. The van der Waals surface area contributed by atoms with Crippen LogP contribution in [-0.4, -0.2) is 45.1 Å². The number of aromatic nitrogens is 3. The summed E-state index contributed by atoms with van der Waals surface area (Å²) in [7, 11) is 0. The van der Waals surface area contributed by atoms with E-state index in [4.69, 9.17) is 4.74 Å². The van der Waals surface area contributed by atoms with Crippen LogP contribution in [0.1, 0.15) is 38.9 Å². The maximum Gasteiger partial charge on any atom is 0.326 e. The number of carbonyl (C=O) groups excluding carboxylic acids is 1. The molecule has 2 unspecified atom stereocenters. The van der Waals surface area contributed by atoms with Gasteiger partial charge >= 0.3 is 5.97 Å². The van der Waals surface area contributed by atoms with Gasteiger partial charge in [-0.3, -0.25) is 9.89 Å². The van der Waals surface area contributed by atoms with E-state index in [0.29, 0.717) is 11.9 Å². The summed E-state index contributed by atoms with van der Waals surface area (Å²) >= 11 is 1.63. The Balaban J connectivity index is 2.01. The number of rotatable bonds is 6. The molecular weight excluding hydrogens is 276 g/mol. The summed E-state index contributed by atoms with van der Waals surface area (Å²) in [6.07, 6.45) is 2.53. The first-order chi connectivity index (χ1) is 9.59. The number of thioether (sulfide) groups is 1. The molecule has 2 atom stereocenters. The van der Waals surface area contributed by atoms with Crippen LogP contribution in [0.2, 0.25) is 0 Å². The van der Waals surface area contributed by atoms with Crippen molar-refractivity contribution in [1.29, 1.82) is 0 Å². The molecule has 0 radical (unpaired) electrons. The Bertz CT molecular complexity index is 465. The molecule has 1 heterocycles. The number of hydrogen-bond donors (Lipinski definition) is 2. The summed E-state index contributed by atoms with van der Waals surface area (Å²) in [6, 6.07) is 0. The van der Waals surface area contributed by atoms with Crippen molar-refractivity contribution in [3.63, 3.8) is 0 Å². The average Bonchev–Trinajstić information content (AvgIpc) is 2.99. The summed E-state index contributed by atoms with van der Waals surface area (Å²) in [5.41, 5.74) is -0.534. The fourth-order valence-corrected chi connectivity index (χ4v) is 3.84. The fourth-order valence-electron chi connectivity index (χ4n) is 2.65. The fraction of sp³-hybridized carbons (Fsp3) is 0.769. The molecule has 0 aliphatic heterocycles. The van der Waals surface area contributed by atoms with Gasteiger partial charge in [-0.05, 0) is 39.7 Å². The van der Waals surface area contributed by atoms with Gasteiger partial charge in [0.25, 0.3) is 0 Å². The summed E-state index contributed by atoms with van der Waals surface area (Å²) in [5, 5.41) is 11.4. The highest BCUT2D eigenvalue weighted by atomic mass is 32.2. The third kappa shape index (κ3) is 3.32. The Morgan fingerprint density at radius 3 is 3.00 bits per heavy atom. The van der Waals surface area contributed by atoms with Crippen molar-refractivity contribution in [2.75, 3.05) is 13.2 Å². The van der Waals surface area contributed by atoms with E-state index in [-0.39, 0.29) is 5.97 Å². The van der Waals surface area contributed by atoms with Crippen molar-refractivity contribution < 1.29 is 9.53 Å². The molecule has 112 valence electrons. The minimum Gasteiger partial charge on any atom is -0.465 e. The number of hydrogen-bond acceptors (Lipinski definition) is 6. The SMILES string of the molecule is CCNC1(C(=O)OCC)CCC(Sc2n[nH]c(C)n2)C1. The van der Waals surface area contributed by atoms with Gasteiger partial charge in [-0.2, -0.15) is 0 Å². The summed E-state index contributed by atoms with van der Waals surface area (Å²) in [5.74, 6) is 0.685. The van der Waals surface area contributed by atoms with Crippen LogP contribution in [0.15, 0.2) is 5.16 Å². The predicted molar refractivity (Wildman–Crippen MR) is 77.7 cm³/mol. The maximum atomic E-state index is 12.2. The topological polar surface area (TPSA) is 79.9 Å². The second-order valence-corrected chi connectivity index (χ2v) is 6.29. The molecule has 2 N–H and O–H groups in total. The smallest absolute Gasteiger partial charge is 0.326 e. The van der Waals surface area contributed by atoms with E-state index in [1.54, 1.807) is 11.8 Å². The zero-order valence-electron chi connectivity index (χ0n) is 12.2. The molecular formula is C13H22N4O2S. The first-order valence-electron chi connectivity index (χ1n) is 7.07. The van der Waals surface area contributed by atoms with Crippen LogP contribution in [0.4, 0.5) is 0 Å². The van der Waals surface area contributed by atoms with Crippen LogP contribution in [-0.2, 0) is 9.53 Å². The highest BCUT2D eigenvalue weighted by molar-refractivity contribution is 7.99.